The molecule has 0 aromatic heterocycles. The van der Waals surface area contributed by atoms with E-state index in [4.69, 9.17) is 9.47 Å². The molecule has 30 heavy (non-hydrogen) atoms. The summed E-state index contributed by atoms with van der Waals surface area (Å²) in [5.74, 6) is 1.07. The molecule has 0 bridgehead atoms. The summed E-state index contributed by atoms with van der Waals surface area (Å²) < 4.78 is 11.0. The molecule has 1 saturated carbocycles. The Morgan fingerprint density at radius 3 is 2.53 bits per heavy atom. The lowest BCUT2D eigenvalue weighted by molar-refractivity contribution is -0.123. The monoisotopic (exact) mass is 410 g/mol. The van der Waals surface area contributed by atoms with Gasteiger partial charge in [0.2, 0.25) is 0 Å². The first-order chi connectivity index (χ1) is 14.6. The summed E-state index contributed by atoms with van der Waals surface area (Å²) in [7, 11) is 3.82. The van der Waals surface area contributed by atoms with Crippen molar-refractivity contribution in [2.24, 2.45) is 0 Å². The normalized spacial score (nSPS) is 14.5. The van der Waals surface area contributed by atoms with E-state index in [1.54, 1.807) is 7.11 Å². The third-order valence-electron chi connectivity index (χ3n) is 5.89. The molecule has 0 unspecified atom stereocenters. The van der Waals surface area contributed by atoms with Gasteiger partial charge in [-0.1, -0.05) is 49.6 Å². The summed E-state index contributed by atoms with van der Waals surface area (Å²) in [6.45, 7) is 3.36. The highest BCUT2D eigenvalue weighted by Crippen LogP contribution is 2.27. The lowest BCUT2D eigenvalue weighted by atomic mass is 9.94. The summed E-state index contributed by atoms with van der Waals surface area (Å²) in [6, 6.07) is 14.7. The van der Waals surface area contributed by atoms with E-state index in [1.807, 2.05) is 31.2 Å². The van der Waals surface area contributed by atoms with Crippen LogP contribution < -0.4 is 14.8 Å². The number of hydrogen-bond donors (Lipinski definition) is 1. The fraction of sp³-hybridized carbons (Fsp3) is 0.480. The summed E-state index contributed by atoms with van der Waals surface area (Å²) in [5.41, 5.74) is 3.51. The van der Waals surface area contributed by atoms with E-state index >= 15 is 0 Å². The summed E-state index contributed by atoms with van der Waals surface area (Å²) in [4.78, 5) is 14.8. The van der Waals surface area contributed by atoms with Crippen molar-refractivity contribution < 1.29 is 14.3 Å². The number of aryl methyl sites for hydroxylation is 1. The first-order valence-corrected chi connectivity index (χ1v) is 10.9. The zero-order chi connectivity index (χ0) is 21.3. The van der Waals surface area contributed by atoms with Crippen LogP contribution in [0.15, 0.2) is 42.5 Å². The Labute approximate surface area is 180 Å². The fourth-order valence-electron chi connectivity index (χ4n) is 4.09. The molecule has 0 saturated heterocycles. The Hall–Kier alpha value is -2.53. The second kappa shape index (κ2) is 11.0. The maximum Gasteiger partial charge on any atom is 0.258 e. The summed E-state index contributed by atoms with van der Waals surface area (Å²) >= 11 is 0. The minimum Gasteiger partial charge on any atom is -0.493 e. The van der Waals surface area contributed by atoms with E-state index in [0.29, 0.717) is 24.1 Å². The number of rotatable bonds is 9. The first kappa shape index (κ1) is 22.2. The fourth-order valence-corrected chi connectivity index (χ4v) is 4.09. The van der Waals surface area contributed by atoms with Crippen molar-refractivity contribution in [1.29, 1.82) is 0 Å². The van der Waals surface area contributed by atoms with E-state index in [9.17, 15) is 4.79 Å². The number of carbonyl (C=O) groups is 1. The standard InChI is InChI=1S/C25H34N2O3/c1-19-13-14-23(24(15-19)29-3)30-18-25(28)26-16-20-9-7-8-10-21(20)17-27(2)22-11-5-4-6-12-22/h7-10,13-15,22H,4-6,11-12,16-18H2,1-3H3,(H,26,28). The molecule has 1 fully saturated rings. The minimum atomic E-state index is -0.145. The zero-order valence-corrected chi connectivity index (χ0v) is 18.4. The van der Waals surface area contributed by atoms with Gasteiger partial charge in [-0.15, -0.1) is 0 Å². The molecule has 1 aliphatic rings. The molecule has 3 rings (SSSR count). The number of nitrogens with zero attached hydrogens (tertiary/aromatic N) is 1. The molecule has 5 heteroatoms. The highest BCUT2D eigenvalue weighted by Gasteiger charge is 2.19. The van der Waals surface area contributed by atoms with Crippen molar-refractivity contribution in [3.63, 3.8) is 0 Å². The quantitative estimate of drug-likeness (QED) is 0.663. The average molecular weight is 411 g/mol. The Bertz CT molecular complexity index is 831. The number of amides is 1. The maximum atomic E-state index is 12.3. The Morgan fingerprint density at radius 1 is 1.07 bits per heavy atom. The van der Waals surface area contributed by atoms with Crippen molar-refractivity contribution in [2.45, 2.75) is 58.2 Å². The Morgan fingerprint density at radius 2 is 1.80 bits per heavy atom. The van der Waals surface area contributed by atoms with Gasteiger partial charge in [0.1, 0.15) is 0 Å². The van der Waals surface area contributed by atoms with Gasteiger partial charge < -0.3 is 14.8 Å². The second-order valence-corrected chi connectivity index (χ2v) is 8.20. The minimum absolute atomic E-state index is 0.0381. The van der Waals surface area contributed by atoms with Crippen molar-refractivity contribution in [3.8, 4) is 11.5 Å². The number of ether oxygens (including phenoxy) is 2. The van der Waals surface area contributed by atoms with Crippen LogP contribution in [0.2, 0.25) is 0 Å². The number of hydrogen-bond acceptors (Lipinski definition) is 4. The van der Waals surface area contributed by atoms with Crippen LogP contribution in [0.4, 0.5) is 0 Å². The number of nitrogens with one attached hydrogen (secondary N) is 1. The first-order valence-electron chi connectivity index (χ1n) is 10.9. The molecule has 0 atom stereocenters. The molecule has 0 heterocycles. The van der Waals surface area contributed by atoms with Gasteiger partial charge in [-0.2, -0.15) is 0 Å². The third-order valence-corrected chi connectivity index (χ3v) is 5.89. The average Bonchev–Trinajstić information content (AvgIpc) is 2.78. The van der Waals surface area contributed by atoms with Crippen LogP contribution >= 0.6 is 0 Å². The third kappa shape index (κ3) is 6.23. The van der Waals surface area contributed by atoms with Gasteiger partial charge in [0, 0.05) is 19.1 Å². The van der Waals surface area contributed by atoms with Gasteiger partial charge >= 0.3 is 0 Å². The molecular weight excluding hydrogens is 376 g/mol. The lowest BCUT2D eigenvalue weighted by Crippen LogP contribution is -2.33. The van der Waals surface area contributed by atoms with Crippen LogP contribution in [-0.4, -0.2) is 37.6 Å². The topological polar surface area (TPSA) is 50.8 Å². The van der Waals surface area contributed by atoms with E-state index in [1.165, 1.54) is 37.7 Å². The van der Waals surface area contributed by atoms with Crippen LogP contribution in [0.25, 0.3) is 0 Å². The second-order valence-electron chi connectivity index (χ2n) is 8.20. The van der Waals surface area contributed by atoms with Crippen molar-refractivity contribution in [3.05, 3.63) is 59.2 Å². The molecule has 162 valence electrons. The van der Waals surface area contributed by atoms with Gasteiger partial charge in [0.05, 0.1) is 7.11 Å². The highest BCUT2D eigenvalue weighted by atomic mass is 16.5. The number of benzene rings is 2. The van der Waals surface area contributed by atoms with E-state index < -0.39 is 0 Å². The molecule has 1 N–H and O–H groups in total. The Balaban J connectivity index is 1.52. The molecule has 0 spiro atoms. The van der Waals surface area contributed by atoms with Crippen molar-refractivity contribution >= 4 is 5.91 Å². The largest absolute Gasteiger partial charge is 0.493 e. The van der Waals surface area contributed by atoms with Crippen molar-refractivity contribution in [2.75, 3.05) is 20.8 Å². The maximum absolute atomic E-state index is 12.3. The highest BCUT2D eigenvalue weighted by molar-refractivity contribution is 5.77. The van der Waals surface area contributed by atoms with Gasteiger partial charge in [0.25, 0.3) is 5.91 Å². The zero-order valence-electron chi connectivity index (χ0n) is 18.4. The lowest BCUT2D eigenvalue weighted by Gasteiger charge is -2.31. The molecule has 1 aliphatic carbocycles. The SMILES string of the molecule is COc1cc(C)ccc1OCC(=O)NCc1ccccc1CN(C)C1CCCCC1. The molecule has 2 aromatic carbocycles. The number of carbonyl (C=O) groups excluding carboxylic acids is 1. The molecule has 2 aromatic rings. The number of methoxy groups -OCH3 is 1. The van der Waals surface area contributed by atoms with Crippen LogP contribution in [0.3, 0.4) is 0 Å². The van der Waals surface area contributed by atoms with Gasteiger partial charge in [-0.05, 0) is 55.6 Å². The van der Waals surface area contributed by atoms with Crippen LogP contribution in [0, 0.1) is 6.92 Å². The van der Waals surface area contributed by atoms with Crippen LogP contribution in [0.5, 0.6) is 11.5 Å². The molecule has 0 radical (unpaired) electrons. The summed E-state index contributed by atoms with van der Waals surface area (Å²) in [6.07, 6.45) is 6.60. The molecular formula is C25H34N2O3. The van der Waals surface area contributed by atoms with E-state index in [0.717, 1.165) is 17.7 Å². The molecule has 1 amide bonds. The van der Waals surface area contributed by atoms with E-state index in [2.05, 4.69) is 35.5 Å². The van der Waals surface area contributed by atoms with Crippen LogP contribution in [0.1, 0.15) is 48.8 Å². The molecule has 5 nitrogen and oxygen atoms in total. The molecule has 0 aliphatic heterocycles. The van der Waals surface area contributed by atoms with Crippen LogP contribution in [-0.2, 0) is 17.9 Å². The van der Waals surface area contributed by atoms with E-state index in [-0.39, 0.29) is 12.5 Å². The summed E-state index contributed by atoms with van der Waals surface area (Å²) in [5, 5.41) is 2.99. The van der Waals surface area contributed by atoms with Gasteiger partial charge in [-0.3, -0.25) is 9.69 Å². The van der Waals surface area contributed by atoms with Gasteiger partial charge in [-0.25, -0.2) is 0 Å². The van der Waals surface area contributed by atoms with Gasteiger partial charge in [0.15, 0.2) is 18.1 Å². The smallest absolute Gasteiger partial charge is 0.258 e. The Kier molecular flexibility index (Phi) is 8.14. The predicted octanol–water partition coefficient (Wildman–Crippen LogP) is 4.46. The predicted molar refractivity (Wildman–Crippen MR) is 120 cm³/mol. The van der Waals surface area contributed by atoms with Crippen molar-refractivity contribution in [1.82, 2.24) is 10.2 Å².